The normalized spacial score (nSPS) is 12.9. The summed E-state index contributed by atoms with van der Waals surface area (Å²) in [4.78, 5) is 10.4. The first-order valence-corrected chi connectivity index (χ1v) is 4.66. The van der Waals surface area contributed by atoms with Crippen molar-refractivity contribution in [2.24, 2.45) is 5.73 Å². The smallest absolute Gasteiger partial charge is 0.138 e. The Morgan fingerprint density at radius 3 is 3.00 bits per heavy atom. The molecule has 0 bridgehead atoms. The molecule has 1 unspecified atom stereocenters. The maximum absolute atomic E-state index is 13.3. The van der Waals surface area contributed by atoms with Crippen LogP contribution in [0.4, 0.5) is 4.39 Å². The molecular formula is C11H11FN2O. The lowest BCUT2D eigenvalue weighted by Gasteiger charge is -2.07. The summed E-state index contributed by atoms with van der Waals surface area (Å²) in [6, 6.07) is 5.98. The zero-order valence-corrected chi connectivity index (χ0v) is 8.06. The third-order valence-electron chi connectivity index (χ3n) is 2.34. The second-order valence-corrected chi connectivity index (χ2v) is 3.44. The van der Waals surface area contributed by atoms with Gasteiger partial charge in [-0.2, -0.15) is 0 Å². The zero-order chi connectivity index (χ0) is 10.8. The summed E-state index contributed by atoms with van der Waals surface area (Å²) in [7, 11) is 0. The fraction of sp³-hybridized carbons (Fsp3) is 0.182. The summed E-state index contributed by atoms with van der Waals surface area (Å²) in [5.41, 5.74) is 6.27. The van der Waals surface area contributed by atoms with Gasteiger partial charge in [0.25, 0.3) is 0 Å². The molecule has 3 nitrogen and oxygen atoms in total. The van der Waals surface area contributed by atoms with E-state index in [1.165, 1.54) is 6.07 Å². The van der Waals surface area contributed by atoms with E-state index in [1.54, 1.807) is 29.0 Å². The molecule has 0 spiro atoms. The average molecular weight is 206 g/mol. The first kappa shape index (κ1) is 9.86. The van der Waals surface area contributed by atoms with Crippen LogP contribution in [-0.4, -0.2) is 16.9 Å². The Labute approximate surface area is 86.3 Å². The molecular weight excluding hydrogens is 195 g/mol. The third-order valence-corrected chi connectivity index (χ3v) is 2.34. The van der Waals surface area contributed by atoms with Crippen molar-refractivity contribution in [2.75, 3.05) is 0 Å². The first-order chi connectivity index (χ1) is 7.22. The predicted molar refractivity (Wildman–Crippen MR) is 55.9 cm³/mol. The van der Waals surface area contributed by atoms with Gasteiger partial charge in [0.05, 0.1) is 11.6 Å². The van der Waals surface area contributed by atoms with Crippen LogP contribution in [0.25, 0.3) is 10.9 Å². The quantitative estimate of drug-likeness (QED) is 0.769. The summed E-state index contributed by atoms with van der Waals surface area (Å²) in [5, 5.41) is 0.551. The molecule has 1 aromatic carbocycles. The van der Waals surface area contributed by atoms with Crippen molar-refractivity contribution in [1.82, 2.24) is 4.57 Å². The molecule has 1 heterocycles. The molecule has 0 fully saturated rings. The maximum Gasteiger partial charge on any atom is 0.138 e. The molecule has 2 rings (SSSR count). The van der Waals surface area contributed by atoms with Crippen LogP contribution in [-0.2, 0) is 11.3 Å². The number of benzene rings is 1. The molecule has 1 aromatic heterocycles. The first-order valence-electron chi connectivity index (χ1n) is 4.66. The molecule has 2 N–H and O–H groups in total. The second kappa shape index (κ2) is 3.82. The van der Waals surface area contributed by atoms with E-state index in [1.807, 2.05) is 0 Å². The molecule has 78 valence electrons. The molecule has 4 heteroatoms. The number of carbonyl (C=O) groups excluding carboxylic acids is 1. The molecule has 0 aliphatic carbocycles. The van der Waals surface area contributed by atoms with Crippen molar-refractivity contribution in [3.8, 4) is 0 Å². The highest BCUT2D eigenvalue weighted by Crippen LogP contribution is 2.18. The Kier molecular flexibility index (Phi) is 2.51. The fourth-order valence-corrected chi connectivity index (χ4v) is 1.62. The van der Waals surface area contributed by atoms with Crippen molar-refractivity contribution in [1.29, 1.82) is 0 Å². The van der Waals surface area contributed by atoms with Crippen LogP contribution in [0, 0.1) is 5.82 Å². The highest BCUT2D eigenvalue weighted by atomic mass is 19.1. The van der Waals surface area contributed by atoms with Gasteiger partial charge < -0.3 is 15.1 Å². The second-order valence-electron chi connectivity index (χ2n) is 3.44. The standard InChI is InChI=1S/C11H11FN2O/c12-10-2-1-3-11-9(10)4-5-14(11)6-8(13)7-15/h1-5,7-8H,6,13H2. The van der Waals surface area contributed by atoms with E-state index >= 15 is 0 Å². The van der Waals surface area contributed by atoms with Crippen molar-refractivity contribution in [3.05, 3.63) is 36.3 Å². The van der Waals surface area contributed by atoms with E-state index in [9.17, 15) is 9.18 Å². The Morgan fingerprint density at radius 1 is 1.47 bits per heavy atom. The molecule has 0 saturated carbocycles. The molecule has 0 amide bonds. The number of aromatic nitrogens is 1. The van der Waals surface area contributed by atoms with Gasteiger partial charge in [0.1, 0.15) is 12.1 Å². The van der Waals surface area contributed by atoms with E-state index in [0.717, 1.165) is 5.52 Å². The summed E-state index contributed by atoms with van der Waals surface area (Å²) in [6.45, 7) is 0.371. The number of hydrogen-bond donors (Lipinski definition) is 1. The molecule has 2 aromatic rings. The van der Waals surface area contributed by atoms with Gasteiger partial charge in [0.15, 0.2) is 0 Å². The van der Waals surface area contributed by atoms with Gasteiger partial charge in [0.2, 0.25) is 0 Å². The number of rotatable bonds is 3. The average Bonchev–Trinajstić information content (AvgIpc) is 2.63. The minimum Gasteiger partial charge on any atom is -0.345 e. The third kappa shape index (κ3) is 1.76. The van der Waals surface area contributed by atoms with Gasteiger partial charge in [-0.1, -0.05) is 6.07 Å². The van der Waals surface area contributed by atoms with Crippen LogP contribution in [0.2, 0.25) is 0 Å². The Morgan fingerprint density at radius 2 is 2.27 bits per heavy atom. The molecule has 0 saturated heterocycles. The number of halogens is 1. The monoisotopic (exact) mass is 206 g/mol. The maximum atomic E-state index is 13.3. The summed E-state index contributed by atoms with van der Waals surface area (Å²) in [5.74, 6) is -0.258. The highest BCUT2D eigenvalue weighted by molar-refractivity contribution is 5.80. The lowest BCUT2D eigenvalue weighted by Crippen LogP contribution is -2.27. The molecule has 15 heavy (non-hydrogen) atoms. The predicted octanol–water partition coefficient (Wildman–Crippen LogP) is 1.31. The van der Waals surface area contributed by atoms with Crippen LogP contribution >= 0.6 is 0 Å². The summed E-state index contributed by atoms with van der Waals surface area (Å²) in [6.07, 6.45) is 2.42. The lowest BCUT2D eigenvalue weighted by molar-refractivity contribution is -0.109. The minimum absolute atomic E-state index is 0.258. The fourth-order valence-electron chi connectivity index (χ4n) is 1.62. The zero-order valence-electron chi connectivity index (χ0n) is 8.06. The van der Waals surface area contributed by atoms with Gasteiger partial charge in [0, 0.05) is 18.1 Å². The molecule has 0 radical (unpaired) electrons. The van der Waals surface area contributed by atoms with Crippen LogP contribution in [0.5, 0.6) is 0 Å². The SMILES string of the molecule is NC(C=O)Cn1ccc2c(F)cccc21. The largest absolute Gasteiger partial charge is 0.345 e. The van der Waals surface area contributed by atoms with E-state index in [4.69, 9.17) is 5.73 Å². The van der Waals surface area contributed by atoms with Crippen molar-refractivity contribution >= 4 is 17.2 Å². The van der Waals surface area contributed by atoms with Crippen LogP contribution in [0.1, 0.15) is 0 Å². The van der Waals surface area contributed by atoms with Gasteiger partial charge in [-0.25, -0.2) is 4.39 Å². The number of carbonyl (C=O) groups is 1. The summed E-state index contributed by atoms with van der Waals surface area (Å²) >= 11 is 0. The highest BCUT2D eigenvalue weighted by Gasteiger charge is 2.07. The van der Waals surface area contributed by atoms with E-state index in [2.05, 4.69) is 0 Å². The van der Waals surface area contributed by atoms with E-state index < -0.39 is 6.04 Å². The van der Waals surface area contributed by atoms with E-state index in [0.29, 0.717) is 18.2 Å². The van der Waals surface area contributed by atoms with Crippen LogP contribution < -0.4 is 5.73 Å². The molecule has 0 aliphatic heterocycles. The van der Waals surface area contributed by atoms with Crippen molar-refractivity contribution in [2.45, 2.75) is 12.6 Å². The summed E-state index contributed by atoms with van der Waals surface area (Å²) < 4.78 is 15.1. The Bertz CT molecular complexity index is 492. The number of nitrogens with zero attached hydrogens (tertiary/aromatic N) is 1. The minimum atomic E-state index is -0.552. The Balaban J connectivity index is 2.45. The van der Waals surface area contributed by atoms with Gasteiger partial charge >= 0.3 is 0 Å². The number of nitrogens with two attached hydrogens (primary N) is 1. The van der Waals surface area contributed by atoms with Gasteiger partial charge in [-0.3, -0.25) is 0 Å². The lowest BCUT2D eigenvalue weighted by atomic mass is 10.2. The number of aldehydes is 1. The van der Waals surface area contributed by atoms with E-state index in [-0.39, 0.29) is 5.82 Å². The van der Waals surface area contributed by atoms with Crippen LogP contribution in [0.15, 0.2) is 30.5 Å². The van der Waals surface area contributed by atoms with Crippen molar-refractivity contribution < 1.29 is 9.18 Å². The van der Waals surface area contributed by atoms with Crippen LogP contribution in [0.3, 0.4) is 0 Å². The van der Waals surface area contributed by atoms with Gasteiger partial charge in [-0.05, 0) is 18.2 Å². The van der Waals surface area contributed by atoms with Crippen molar-refractivity contribution in [3.63, 3.8) is 0 Å². The number of hydrogen-bond acceptors (Lipinski definition) is 2. The molecule has 0 aliphatic rings. The molecule has 1 atom stereocenters. The topological polar surface area (TPSA) is 48.0 Å². The Hall–Kier alpha value is -1.68. The number of fused-ring (bicyclic) bond motifs is 1. The van der Waals surface area contributed by atoms with Gasteiger partial charge in [-0.15, -0.1) is 0 Å².